The third kappa shape index (κ3) is 4.81. The number of anilines is 1. The van der Waals surface area contributed by atoms with Gasteiger partial charge < -0.3 is 10.2 Å². The van der Waals surface area contributed by atoms with Crippen molar-refractivity contribution in [3.8, 4) is 0 Å². The molecule has 0 fully saturated rings. The normalized spacial score (nSPS) is 11.8. The molecule has 122 valence electrons. The van der Waals surface area contributed by atoms with Gasteiger partial charge in [0, 0.05) is 31.0 Å². The summed E-state index contributed by atoms with van der Waals surface area (Å²) in [6, 6.07) is 14.1. The lowest BCUT2D eigenvalue weighted by Crippen LogP contribution is -2.31. The number of nitrogens with one attached hydrogen (secondary N) is 1. The fourth-order valence-corrected chi connectivity index (χ4v) is 2.32. The van der Waals surface area contributed by atoms with Crippen LogP contribution in [0.4, 0.5) is 5.69 Å². The predicted molar refractivity (Wildman–Crippen MR) is 94.5 cm³/mol. The van der Waals surface area contributed by atoms with Gasteiger partial charge in [-0.2, -0.15) is 0 Å². The molecule has 4 heteroatoms. The van der Waals surface area contributed by atoms with E-state index < -0.39 is 0 Å². The molecule has 1 aromatic carbocycles. The number of hydrogen-bond donors (Lipinski definition) is 1. The SMILES string of the molecule is CCC(C)Nc1ccnc(C(=O)N(CC)Cc2ccccc2)c1. The van der Waals surface area contributed by atoms with E-state index in [1.54, 1.807) is 6.20 Å². The van der Waals surface area contributed by atoms with E-state index >= 15 is 0 Å². The Hall–Kier alpha value is -2.36. The molecule has 0 aliphatic rings. The van der Waals surface area contributed by atoms with Crippen LogP contribution < -0.4 is 5.32 Å². The van der Waals surface area contributed by atoms with E-state index in [0.29, 0.717) is 24.8 Å². The fraction of sp³-hybridized carbons (Fsp3) is 0.368. The summed E-state index contributed by atoms with van der Waals surface area (Å²) >= 11 is 0. The smallest absolute Gasteiger partial charge is 0.272 e. The number of benzene rings is 1. The van der Waals surface area contributed by atoms with Crippen LogP contribution in [0.2, 0.25) is 0 Å². The number of rotatable bonds is 7. The van der Waals surface area contributed by atoms with Crippen molar-refractivity contribution in [3.63, 3.8) is 0 Å². The third-order valence-corrected chi connectivity index (χ3v) is 3.89. The lowest BCUT2D eigenvalue weighted by atomic mass is 10.2. The van der Waals surface area contributed by atoms with Crippen LogP contribution in [0.3, 0.4) is 0 Å². The highest BCUT2D eigenvalue weighted by atomic mass is 16.2. The van der Waals surface area contributed by atoms with E-state index in [1.807, 2.05) is 54.3 Å². The Morgan fingerprint density at radius 3 is 2.61 bits per heavy atom. The molecule has 1 aromatic heterocycles. The molecule has 1 atom stereocenters. The topological polar surface area (TPSA) is 45.2 Å². The molecule has 2 rings (SSSR count). The minimum absolute atomic E-state index is 0.0378. The maximum absolute atomic E-state index is 12.7. The molecule has 0 saturated carbocycles. The molecule has 0 bridgehead atoms. The highest BCUT2D eigenvalue weighted by Gasteiger charge is 2.16. The molecule has 2 aromatic rings. The molecule has 0 aliphatic heterocycles. The number of aromatic nitrogens is 1. The van der Waals surface area contributed by atoms with Gasteiger partial charge in [-0.1, -0.05) is 37.3 Å². The van der Waals surface area contributed by atoms with Gasteiger partial charge in [0.25, 0.3) is 5.91 Å². The maximum Gasteiger partial charge on any atom is 0.272 e. The summed E-state index contributed by atoms with van der Waals surface area (Å²) in [5.41, 5.74) is 2.54. The van der Waals surface area contributed by atoms with Crippen molar-refractivity contribution in [2.24, 2.45) is 0 Å². The van der Waals surface area contributed by atoms with Crippen LogP contribution in [0, 0.1) is 0 Å². The van der Waals surface area contributed by atoms with E-state index in [4.69, 9.17) is 0 Å². The molecule has 1 heterocycles. The van der Waals surface area contributed by atoms with E-state index in [2.05, 4.69) is 24.1 Å². The highest BCUT2D eigenvalue weighted by Crippen LogP contribution is 2.14. The minimum atomic E-state index is -0.0378. The van der Waals surface area contributed by atoms with Crippen LogP contribution in [0.15, 0.2) is 48.7 Å². The monoisotopic (exact) mass is 311 g/mol. The average molecular weight is 311 g/mol. The maximum atomic E-state index is 12.7. The van der Waals surface area contributed by atoms with Crippen molar-refractivity contribution in [2.75, 3.05) is 11.9 Å². The first-order valence-electron chi connectivity index (χ1n) is 8.19. The predicted octanol–water partition coefficient (Wildman–Crippen LogP) is 3.95. The zero-order valence-corrected chi connectivity index (χ0v) is 14.1. The Balaban J connectivity index is 2.12. The van der Waals surface area contributed by atoms with Gasteiger partial charge in [0.15, 0.2) is 0 Å². The molecule has 0 radical (unpaired) electrons. The number of carbonyl (C=O) groups excluding carboxylic acids is 1. The number of carbonyl (C=O) groups is 1. The first-order valence-corrected chi connectivity index (χ1v) is 8.19. The lowest BCUT2D eigenvalue weighted by Gasteiger charge is -2.21. The van der Waals surface area contributed by atoms with Crippen molar-refractivity contribution in [1.82, 2.24) is 9.88 Å². The summed E-state index contributed by atoms with van der Waals surface area (Å²) < 4.78 is 0. The van der Waals surface area contributed by atoms with Crippen LogP contribution in [0.1, 0.15) is 43.2 Å². The summed E-state index contributed by atoms with van der Waals surface area (Å²) in [5, 5.41) is 3.38. The van der Waals surface area contributed by atoms with Gasteiger partial charge in [0.05, 0.1) is 0 Å². The molecular weight excluding hydrogens is 286 g/mol. The molecule has 1 amide bonds. The quantitative estimate of drug-likeness (QED) is 0.842. The van der Waals surface area contributed by atoms with Crippen molar-refractivity contribution in [1.29, 1.82) is 0 Å². The molecule has 23 heavy (non-hydrogen) atoms. The summed E-state index contributed by atoms with van der Waals surface area (Å²) in [4.78, 5) is 18.8. The highest BCUT2D eigenvalue weighted by molar-refractivity contribution is 5.93. The van der Waals surface area contributed by atoms with Gasteiger partial charge in [-0.3, -0.25) is 9.78 Å². The molecule has 0 saturated heterocycles. The average Bonchev–Trinajstić information content (AvgIpc) is 2.60. The summed E-state index contributed by atoms with van der Waals surface area (Å²) in [6.07, 6.45) is 2.72. The minimum Gasteiger partial charge on any atom is -0.382 e. The molecule has 0 spiro atoms. The lowest BCUT2D eigenvalue weighted by molar-refractivity contribution is 0.0746. The molecule has 1 unspecified atom stereocenters. The van der Waals surface area contributed by atoms with Gasteiger partial charge in [-0.25, -0.2) is 0 Å². The summed E-state index contributed by atoms with van der Waals surface area (Å²) in [5.74, 6) is -0.0378. The first-order chi connectivity index (χ1) is 11.1. The summed E-state index contributed by atoms with van der Waals surface area (Å²) in [6.45, 7) is 7.49. The third-order valence-electron chi connectivity index (χ3n) is 3.89. The second-order valence-corrected chi connectivity index (χ2v) is 5.69. The van der Waals surface area contributed by atoms with Crippen LogP contribution in [-0.4, -0.2) is 28.4 Å². The van der Waals surface area contributed by atoms with Gasteiger partial charge >= 0.3 is 0 Å². The van der Waals surface area contributed by atoms with Crippen LogP contribution >= 0.6 is 0 Å². The van der Waals surface area contributed by atoms with Crippen molar-refractivity contribution >= 4 is 11.6 Å². The number of amides is 1. The molecular formula is C19H25N3O. The van der Waals surface area contributed by atoms with E-state index in [9.17, 15) is 4.79 Å². The van der Waals surface area contributed by atoms with Crippen LogP contribution in [-0.2, 0) is 6.54 Å². The Labute approximate surface area is 138 Å². The largest absolute Gasteiger partial charge is 0.382 e. The molecule has 1 N–H and O–H groups in total. The van der Waals surface area contributed by atoms with E-state index in [-0.39, 0.29) is 5.91 Å². The number of nitrogens with zero attached hydrogens (tertiary/aromatic N) is 2. The Morgan fingerprint density at radius 2 is 1.96 bits per heavy atom. The summed E-state index contributed by atoms with van der Waals surface area (Å²) in [7, 11) is 0. The number of pyridine rings is 1. The van der Waals surface area contributed by atoms with Crippen LogP contribution in [0.25, 0.3) is 0 Å². The Bertz CT molecular complexity index is 628. The van der Waals surface area contributed by atoms with Gasteiger partial charge in [-0.05, 0) is 38.0 Å². The van der Waals surface area contributed by atoms with Crippen molar-refractivity contribution in [3.05, 3.63) is 59.9 Å². The van der Waals surface area contributed by atoms with Crippen molar-refractivity contribution in [2.45, 2.75) is 39.8 Å². The Kier molecular flexibility index (Phi) is 6.15. The zero-order valence-electron chi connectivity index (χ0n) is 14.1. The number of hydrogen-bond acceptors (Lipinski definition) is 3. The second kappa shape index (κ2) is 8.32. The van der Waals surface area contributed by atoms with E-state index in [1.165, 1.54) is 0 Å². The van der Waals surface area contributed by atoms with Gasteiger partial charge in [0.2, 0.25) is 0 Å². The fourth-order valence-electron chi connectivity index (χ4n) is 2.32. The van der Waals surface area contributed by atoms with E-state index in [0.717, 1.165) is 17.7 Å². The Morgan fingerprint density at radius 1 is 1.22 bits per heavy atom. The standard InChI is InChI=1S/C19H25N3O/c1-4-15(3)21-17-11-12-20-18(13-17)19(23)22(5-2)14-16-9-7-6-8-10-16/h6-13,15H,4-5,14H2,1-3H3,(H,20,21). The van der Waals surface area contributed by atoms with Crippen LogP contribution in [0.5, 0.6) is 0 Å². The molecule has 0 aliphatic carbocycles. The van der Waals surface area contributed by atoms with Gasteiger partial charge in [0.1, 0.15) is 5.69 Å². The van der Waals surface area contributed by atoms with Crippen molar-refractivity contribution < 1.29 is 4.79 Å². The first kappa shape index (κ1) is 17.0. The zero-order chi connectivity index (χ0) is 16.7. The second-order valence-electron chi connectivity index (χ2n) is 5.69. The molecule has 4 nitrogen and oxygen atoms in total. The van der Waals surface area contributed by atoms with Gasteiger partial charge in [-0.15, -0.1) is 0 Å².